The van der Waals surface area contributed by atoms with Gasteiger partial charge in [-0.15, -0.1) is 0 Å². The number of carboxylic acid groups (broad SMARTS) is 1. The van der Waals surface area contributed by atoms with E-state index in [1.165, 1.54) is 11.1 Å². The van der Waals surface area contributed by atoms with Gasteiger partial charge in [-0.1, -0.05) is 84.9 Å². The maximum atomic E-state index is 10.5. The van der Waals surface area contributed by atoms with Crippen molar-refractivity contribution in [1.29, 1.82) is 0 Å². The van der Waals surface area contributed by atoms with Gasteiger partial charge < -0.3 is 22.3 Å². The summed E-state index contributed by atoms with van der Waals surface area (Å²) in [6.45, 7) is 1.24. The molecule has 0 heterocycles. The predicted octanol–water partition coefficient (Wildman–Crippen LogP) is 3.49. The van der Waals surface area contributed by atoms with Gasteiger partial charge in [-0.05, 0) is 49.0 Å². The molecule has 0 aromatic heterocycles. The van der Waals surface area contributed by atoms with E-state index in [0.29, 0.717) is 24.9 Å². The van der Waals surface area contributed by atoms with E-state index in [9.17, 15) is 9.59 Å². The first kappa shape index (κ1) is 26.7. The number of nitrogens with two attached hydrogens (primary N) is 3. The molecule has 0 aliphatic heterocycles. The number of rotatable bonds is 8. The zero-order chi connectivity index (χ0) is 23.6. The molecule has 0 bridgehead atoms. The number of carbonyl (C=O) groups is 2. The molecular weight excluding hydrogens is 402 g/mol. The van der Waals surface area contributed by atoms with Crippen molar-refractivity contribution in [3.05, 3.63) is 96.1 Å². The Hall–Kier alpha value is -3.32. The molecule has 6 heteroatoms. The third-order valence-electron chi connectivity index (χ3n) is 4.47. The minimum absolute atomic E-state index is 0.464. The van der Waals surface area contributed by atoms with E-state index in [1.807, 2.05) is 60.7 Å². The fourth-order valence-electron chi connectivity index (χ4n) is 2.66. The van der Waals surface area contributed by atoms with Crippen LogP contribution in [-0.2, 0) is 11.2 Å². The number of aldehydes is 1. The largest absolute Gasteiger partial charge is 0.480 e. The second kappa shape index (κ2) is 16.4. The van der Waals surface area contributed by atoms with Crippen molar-refractivity contribution in [3.8, 4) is 11.1 Å². The number of carbonyl (C=O) groups excluding carboxylic acids is 1. The van der Waals surface area contributed by atoms with Gasteiger partial charge in [0, 0.05) is 5.56 Å². The molecule has 0 saturated heterocycles. The summed E-state index contributed by atoms with van der Waals surface area (Å²) in [6, 6.07) is 27.2. The van der Waals surface area contributed by atoms with Gasteiger partial charge in [0.1, 0.15) is 12.3 Å². The molecule has 3 aromatic rings. The summed E-state index contributed by atoms with van der Waals surface area (Å²) in [6.07, 6.45) is 2.98. The molecule has 0 radical (unpaired) electrons. The van der Waals surface area contributed by atoms with Gasteiger partial charge in [-0.2, -0.15) is 0 Å². The zero-order valence-corrected chi connectivity index (χ0v) is 18.3. The van der Waals surface area contributed by atoms with Crippen molar-refractivity contribution < 1.29 is 14.7 Å². The van der Waals surface area contributed by atoms with E-state index >= 15 is 0 Å². The summed E-state index contributed by atoms with van der Waals surface area (Å²) < 4.78 is 0. The lowest BCUT2D eigenvalue weighted by molar-refractivity contribution is -0.138. The Morgan fingerprint density at radius 3 is 1.81 bits per heavy atom. The van der Waals surface area contributed by atoms with Gasteiger partial charge in [-0.3, -0.25) is 9.59 Å². The van der Waals surface area contributed by atoms with Gasteiger partial charge in [0.05, 0.1) is 0 Å². The molecular formula is C26H33N3O3. The highest BCUT2D eigenvalue weighted by Crippen LogP contribution is 2.18. The molecule has 0 spiro atoms. The standard InChI is InChI=1S/C13H10O.C8H11N.C5H12N2O2/c14-10-11-6-8-13(9-7-11)12-4-2-1-3-5-12;9-7-6-8-4-2-1-3-5-8;6-3-1-2-4(7)5(8)9/h1-10H;1-5H,6-7,9H2;4H,1-3,6-7H2,(H,8,9). The van der Waals surface area contributed by atoms with Gasteiger partial charge in [0.15, 0.2) is 0 Å². The maximum Gasteiger partial charge on any atom is 0.320 e. The van der Waals surface area contributed by atoms with Crippen molar-refractivity contribution >= 4 is 12.3 Å². The first-order valence-corrected chi connectivity index (χ1v) is 10.5. The van der Waals surface area contributed by atoms with Gasteiger partial charge in [-0.25, -0.2) is 0 Å². The SMILES string of the molecule is NCCCC(N)C(=O)O.NCCc1ccccc1.O=Cc1ccc(-c2ccccc2)cc1. The molecule has 3 rings (SSSR count). The first-order chi connectivity index (χ1) is 15.5. The summed E-state index contributed by atoms with van der Waals surface area (Å²) in [5.74, 6) is -0.955. The van der Waals surface area contributed by atoms with E-state index in [1.54, 1.807) is 0 Å². The predicted molar refractivity (Wildman–Crippen MR) is 130 cm³/mol. The van der Waals surface area contributed by atoms with Crippen LogP contribution in [0.2, 0.25) is 0 Å². The molecule has 1 unspecified atom stereocenters. The minimum Gasteiger partial charge on any atom is -0.480 e. The lowest BCUT2D eigenvalue weighted by Gasteiger charge is -2.02. The average Bonchev–Trinajstić information content (AvgIpc) is 2.85. The second-order valence-corrected chi connectivity index (χ2v) is 7.01. The highest BCUT2D eigenvalue weighted by molar-refractivity contribution is 5.76. The molecule has 3 aromatic carbocycles. The van der Waals surface area contributed by atoms with E-state index in [-0.39, 0.29) is 0 Å². The van der Waals surface area contributed by atoms with Gasteiger partial charge in [0.2, 0.25) is 0 Å². The first-order valence-electron chi connectivity index (χ1n) is 10.5. The summed E-state index contributed by atoms with van der Waals surface area (Å²) >= 11 is 0. The lowest BCUT2D eigenvalue weighted by Crippen LogP contribution is -2.30. The Morgan fingerprint density at radius 2 is 1.34 bits per heavy atom. The van der Waals surface area contributed by atoms with Crippen LogP contribution in [0.1, 0.15) is 28.8 Å². The van der Waals surface area contributed by atoms with Crippen LogP contribution < -0.4 is 17.2 Å². The Balaban J connectivity index is 0.000000252. The minimum atomic E-state index is -0.955. The number of aliphatic carboxylic acids is 1. The van der Waals surface area contributed by atoms with Gasteiger partial charge in [0.25, 0.3) is 0 Å². The van der Waals surface area contributed by atoms with Crippen LogP contribution in [0.3, 0.4) is 0 Å². The molecule has 32 heavy (non-hydrogen) atoms. The third-order valence-corrected chi connectivity index (χ3v) is 4.47. The quantitative estimate of drug-likeness (QED) is 0.400. The molecule has 0 amide bonds. The second-order valence-electron chi connectivity index (χ2n) is 7.01. The van der Waals surface area contributed by atoms with Crippen molar-refractivity contribution in [2.75, 3.05) is 13.1 Å². The highest BCUT2D eigenvalue weighted by Gasteiger charge is 2.08. The maximum absolute atomic E-state index is 10.5. The monoisotopic (exact) mass is 435 g/mol. The van der Waals surface area contributed by atoms with Crippen LogP contribution >= 0.6 is 0 Å². The van der Waals surface area contributed by atoms with Crippen LogP contribution in [-0.4, -0.2) is 36.5 Å². The van der Waals surface area contributed by atoms with Crippen molar-refractivity contribution in [2.24, 2.45) is 17.2 Å². The Labute approximate surface area is 190 Å². The zero-order valence-electron chi connectivity index (χ0n) is 18.3. The van der Waals surface area contributed by atoms with E-state index < -0.39 is 12.0 Å². The molecule has 0 fully saturated rings. The number of hydrogen-bond acceptors (Lipinski definition) is 5. The van der Waals surface area contributed by atoms with Crippen molar-refractivity contribution in [1.82, 2.24) is 0 Å². The number of benzene rings is 3. The summed E-state index contributed by atoms with van der Waals surface area (Å²) in [5, 5.41) is 8.24. The van der Waals surface area contributed by atoms with Crippen LogP contribution in [0, 0.1) is 0 Å². The number of carboxylic acids is 1. The van der Waals surface area contributed by atoms with Crippen molar-refractivity contribution in [3.63, 3.8) is 0 Å². The molecule has 1 atom stereocenters. The Kier molecular flexibility index (Phi) is 13.7. The number of hydrogen-bond donors (Lipinski definition) is 4. The normalized spacial score (nSPS) is 10.6. The topological polar surface area (TPSA) is 132 Å². The third kappa shape index (κ3) is 11.2. The van der Waals surface area contributed by atoms with Crippen LogP contribution in [0.25, 0.3) is 11.1 Å². The summed E-state index contributed by atoms with van der Waals surface area (Å²) in [7, 11) is 0. The van der Waals surface area contributed by atoms with E-state index in [4.69, 9.17) is 22.3 Å². The molecule has 0 aliphatic carbocycles. The smallest absolute Gasteiger partial charge is 0.320 e. The van der Waals surface area contributed by atoms with E-state index in [2.05, 4.69) is 24.3 Å². The molecule has 0 aliphatic rings. The van der Waals surface area contributed by atoms with Crippen molar-refractivity contribution in [2.45, 2.75) is 25.3 Å². The molecule has 0 saturated carbocycles. The Bertz CT molecular complexity index is 885. The van der Waals surface area contributed by atoms with Crippen LogP contribution in [0.4, 0.5) is 0 Å². The molecule has 6 nitrogen and oxygen atoms in total. The fraction of sp³-hybridized carbons (Fsp3) is 0.231. The van der Waals surface area contributed by atoms with E-state index in [0.717, 1.165) is 24.8 Å². The Morgan fingerprint density at radius 1 is 0.812 bits per heavy atom. The summed E-state index contributed by atoms with van der Waals surface area (Å²) in [4.78, 5) is 20.5. The fourth-order valence-corrected chi connectivity index (χ4v) is 2.66. The van der Waals surface area contributed by atoms with Crippen LogP contribution in [0.15, 0.2) is 84.9 Å². The molecule has 7 N–H and O–H groups in total. The van der Waals surface area contributed by atoms with Gasteiger partial charge >= 0.3 is 5.97 Å². The average molecular weight is 436 g/mol. The molecule has 170 valence electrons. The van der Waals surface area contributed by atoms with Crippen LogP contribution in [0.5, 0.6) is 0 Å². The highest BCUT2D eigenvalue weighted by atomic mass is 16.4. The summed E-state index contributed by atoms with van der Waals surface area (Å²) in [5.41, 5.74) is 20.0. The lowest BCUT2D eigenvalue weighted by atomic mass is 10.0.